The maximum absolute atomic E-state index is 3.58. The smallest absolute Gasteiger partial charge is 0.0105 e. The molecule has 1 saturated heterocycles. The van der Waals surface area contributed by atoms with Gasteiger partial charge in [-0.05, 0) is 64.1 Å². The first-order valence-corrected chi connectivity index (χ1v) is 8.23. The van der Waals surface area contributed by atoms with Crippen molar-refractivity contribution in [2.75, 3.05) is 26.7 Å². The molecule has 2 nitrogen and oxygen atoms in total. The summed E-state index contributed by atoms with van der Waals surface area (Å²) < 4.78 is 0. The van der Waals surface area contributed by atoms with Gasteiger partial charge in [0.15, 0.2) is 0 Å². The number of hydrogen-bond acceptors (Lipinski definition) is 2. The van der Waals surface area contributed by atoms with Gasteiger partial charge in [-0.3, -0.25) is 0 Å². The van der Waals surface area contributed by atoms with Crippen LogP contribution < -0.4 is 5.32 Å². The molecule has 1 aliphatic heterocycles. The number of likely N-dealkylation sites (tertiary alicyclic amines) is 1. The molecule has 3 unspecified atom stereocenters. The number of rotatable bonds is 5. The molecular weight excluding hydrogens is 220 g/mol. The van der Waals surface area contributed by atoms with Gasteiger partial charge in [-0.1, -0.05) is 26.2 Å². The lowest BCUT2D eigenvalue weighted by Crippen LogP contribution is -2.45. The Balaban J connectivity index is 1.84. The van der Waals surface area contributed by atoms with Crippen LogP contribution in [0.4, 0.5) is 0 Å². The van der Waals surface area contributed by atoms with E-state index in [2.05, 4.69) is 24.2 Å². The normalized spacial score (nSPS) is 34.7. The molecule has 0 bridgehead atoms. The molecule has 0 aromatic rings. The lowest BCUT2D eigenvalue weighted by Gasteiger charge is -2.40. The average molecular weight is 252 g/mol. The van der Waals surface area contributed by atoms with Gasteiger partial charge in [0.05, 0.1) is 0 Å². The van der Waals surface area contributed by atoms with Gasteiger partial charge in [0.25, 0.3) is 0 Å². The molecule has 1 heterocycles. The number of hydrogen-bond donors (Lipinski definition) is 1. The van der Waals surface area contributed by atoms with E-state index in [4.69, 9.17) is 0 Å². The highest BCUT2D eigenvalue weighted by Gasteiger charge is 2.30. The zero-order chi connectivity index (χ0) is 12.8. The van der Waals surface area contributed by atoms with E-state index in [9.17, 15) is 0 Å². The molecule has 106 valence electrons. The van der Waals surface area contributed by atoms with Crippen LogP contribution in [0.5, 0.6) is 0 Å². The van der Waals surface area contributed by atoms with E-state index in [1.807, 2.05) is 0 Å². The summed E-state index contributed by atoms with van der Waals surface area (Å²) in [6.45, 7) is 6.40. The summed E-state index contributed by atoms with van der Waals surface area (Å²) in [5, 5.41) is 3.58. The van der Waals surface area contributed by atoms with Gasteiger partial charge in [-0.25, -0.2) is 0 Å². The summed E-state index contributed by atoms with van der Waals surface area (Å²) in [7, 11) is 2.16. The highest BCUT2D eigenvalue weighted by atomic mass is 15.1. The molecule has 0 radical (unpaired) electrons. The van der Waals surface area contributed by atoms with Crippen LogP contribution in [0.3, 0.4) is 0 Å². The van der Waals surface area contributed by atoms with Crippen LogP contribution in [0, 0.1) is 11.8 Å². The van der Waals surface area contributed by atoms with Crippen LogP contribution in [0.15, 0.2) is 0 Å². The summed E-state index contributed by atoms with van der Waals surface area (Å²) in [6, 6.07) is 0.778. The SMILES string of the molecule is CCCC1CCC(NC)C(CN2CCCCC2)C1. The van der Waals surface area contributed by atoms with Crippen LogP contribution in [-0.4, -0.2) is 37.6 Å². The Bertz CT molecular complexity index is 223. The van der Waals surface area contributed by atoms with E-state index < -0.39 is 0 Å². The topological polar surface area (TPSA) is 15.3 Å². The Morgan fingerprint density at radius 1 is 1.11 bits per heavy atom. The first-order valence-electron chi connectivity index (χ1n) is 8.23. The summed E-state index contributed by atoms with van der Waals surface area (Å²) >= 11 is 0. The maximum atomic E-state index is 3.58. The third kappa shape index (κ3) is 3.96. The Kier molecular flexibility index (Phi) is 5.97. The van der Waals surface area contributed by atoms with Gasteiger partial charge in [0.2, 0.25) is 0 Å². The summed E-state index contributed by atoms with van der Waals surface area (Å²) in [6.07, 6.45) is 11.4. The first-order chi connectivity index (χ1) is 8.83. The molecule has 0 aromatic heterocycles. The predicted octanol–water partition coefficient (Wildman–Crippen LogP) is 3.28. The van der Waals surface area contributed by atoms with Crippen molar-refractivity contribution < 1.29 is 0 Å². The van der Waals surface area contributed by atoms with Gasteiger partial charge in [0, 0.05) is 12.6 Å². The molecule has 1 N–H and O–H groups in total. The second-order valence-corrected chi connectivity index (χ2v) is 6.48. The third-order valence-corrected chi connectivity index (χ3v) is 5.10. The molecular formula is C16H32N2. The first kappa shape index (κ1) is 14.3. The van der Waals surface area contributed by atoms with Crippen molar-refractivity contribution in [3.8, 4) is 0 Å². The quantitative estimate of drug-likeness (QED) is 0.808. The van der Waals surface area contributed by atoms with Crippen molar-refractivity contribution >= 4 is 0 Å². The van der Waals surface area contributed by atoms with E-state index >= 15 is 0 Å². The molecule has 1 saturated carbocycles. The molecule has 18 heavy (non-hydrogen) atoms. The largest absolute Gasteiger partial charge is 0.317 e. The van der Waals surface area contributed by atoms with Gasteiger partial charge in [-0.2, -0.15) is 0 Å². The zero-order valence-electron chi connectivity index (χ0n) is 12.5. The molecule has 2 rings (SSSR count). The van der Waals surface area contributed by atoms with Crippen LogP contribution in [-0.2, 0) is 0 Å². The van der Waals surface area contributed by atoms with Crippen molar-refractivity contribution in [2.24, 2.45) is 11.8 Å². The fraction of sp³-hybridized carbons (Fsp3) is 1.00. The van der Waals surface area contributed by atoms with Crippen molar-refractivity contribution in [3.63, 3.8) is 0 Å². The summed E-state index contributed by atoms with van der Waals surface area (Å²) in [4.78, 5) is 2.73. The van der Waals surface area contributed by atoms with E-state index in [0.717, 1.165) is 17.9 Å². The minimum atomic E-state index is 0.778. The second-order valence-electron chi connectivity index (χ2n) is 6.48. The van der Waals surface area contributed by atoms with E-state index in [-0.39, 0.29) is 0 Å². The summed E-state index contributed by atoms with van der Waals surface area (Å²) in [5.41, 5.74) is 0. The minimum absolute atomic E-state index is 0.778. The van der Waals surface area contributed by atoms with Gasteiger partial charge < -0.3 is 10.2 Å². The monoisotopic (exact) mass is 252 g/mol. The predicted molar refractivity (Wildman–Crippen MR) is 78.9 cm³/mol. The van der Waals surface area contributed by atoms with Gasteiger partial charge >= 0.3 is 0 Å². The van der Waals surface area contributed by atoms with Crippen LogP contribution in [0.1, 0.15) is 58.3 Å². The molecule has 0 aromatic carbocycles. The molecule has 2 heteroatoms. The number of nitrogens with zero attached hydrogens (tertiary/aromatic N) is 1. The second kappa shape index (κ2) is 7.49. The van der Waals surface area contributed by atoms with Gasteiger partial charge in [-0.15, -0.1) is 0 Å². The lowest BCUT2D eigenvalue weighted by molar-refractivity contribution is 0.126. The van der Waals surface area contributed by atoms with E-state index in [1.165, 1.54) is 71.0 Å². The lowest BCUT2D eigenvalue weighted by atomic mass is 9.76. The highest BCUT2D eigenvalue weighted by molar-refractivity contribution is 4.86. The highest BCUT2D eigenvalue weighted by Crippen LogP contribution is 2.33. The van der Waals surface area contributed by atoms with Crippen molar-refractivity contribution in [1.29, 1.82) is 0 Å². The zero-order valence-corrected chi connectivity index (χ0v) is 12.5. The third-order valence-electron chi connectivity index (χ3n) is 5.10. The molecule has 3 atom stereocenters. The van der Waals surface area contributed by atoms with Crippen LogP contribution in [0.2, 0.25) is 0 Å². The fourth-order valence-corrected chi connectivity index (χ4v) is 4.09. The fourth-order valence-electron chi connectivity index (χ4n) is 4.09. The van der Waals surface area contributed by atoms with E-state index in [0.29, 0.717) is 0 Å². The maximum Gasteiger partial charge on any atom is 0.0105 e. The Morgan fingerprint density at radius 2 is 1.89 bits per heavy atom. The van der Waals surface area contributed by atoms with Crippen LogP contribution >= 0.6 is 0 Å². The van der Waals surface area contributed by atoms with Gasteiger partial charge in [0.1, 0.15) is 0 Å². The van der Waals surface area contributed by atoms with E-state index in [1.54, 1.807) is 0 Å². The standard InChI is InChI=1S/C16H32N2/c1-3-7-14-8-9-16(17-2)15(12-14)13-18-10-5-4-6-11-18/h14-17H,3-13H2,1-2H3. The molecule has 0 amide bonds. The van der Waals surface area contributed by atoms with Crippen LogP contribution in [0.25, 0.3) is 0 Å². The van der Waals surface area contributed by atoms with Crippen molar-refractivity contribution in [2.45, 2.75) is 64.3 Å². The summed E-state index contributed by atoms with van der Waals surface area (Å²) in [5.74, 6) is 1.91. The molecule has 2 aliphatic rings. The Morgan fingerprint density at radius 3 is 2.56 bits per heavy atom. The molecule has 2 fully saturated rings. The van der Waals surface area contributed by atoms with Crippen molar-refractivity contribution in [3.05, 3.63) is 0 Å². The molecule has 1 aliphatic carbocycles. The Labute approximate surface area is 114 Å². The van der Waals surface area contributed by atoms with Crippen molar-refractivity contribution in [1.82, 2.24) is 10.2 Å². The number of piperidine rings is 1. The number of nitrogens with one attached hydrogen (secondary N) is 1. The Hall–Kier alpha value is -0.0800. The average Bonchev–Trinajstić information content (AvgIpc) is 2.41. The minimum Gasteiger partial charge on any atom is -0.317 e. The molecule has 0 spiro atoms.